The number of anilines is 1. The van der Waals surface area contributed by atoms with E-state index >= 15 is 0 Å². The molecule has 1 atom stereocenters. The van der Waals surface area contributed by atoms with Gasteiger partial charge in [-0.1, -0.05) is 32.0 Å². The van der Waals surface area contributed by atoms with Crippen molar-refractivity contribution in [3.8, 4) is 0 Å². The summed E-state index contributed by atoms with van der Waals surface area (Å²) < 4.78 is 0. The van der Waals surface area contributed by atoms with E-state index < -0.39 is 11.5 Å². The molecule has 2 N–H and O–H groups in total. The van der Waals surface area contributed by atoms with Gasteiger partial charge in [-0.05, 0) is 30.9 Å². The number of amides is 2. The van der Waals surface area contributed by atoms with Crippen molar-refractivity contribution < 1.29 is 19.5 Å². The minimum Gasteiger partial charge on any atom is -0.481 e. The molecule has 1 unspecified atom stereocenters. The molecule has 0 spiro atoms. The second-order valence-electron chi connectivity index (χ2n) is 7.11. The summed E-state index contributed by atoms with van der Waals surface area (Å²) in [5.41, 5.74) is 1.16. The summed E-state index contributed by atoms with van der Waals surface area (Å²) in [4.78, 5) is 37.3. The van der Waals surface area contributed by atoms with Crippen molar-refractivity contribution in [2.75, 3.05) is 11.4 Å². The lowest BCUT2D eigenvalue weighted by Gasteiger charge is -2.34. The van der Waals surface area contributed by atoms with Crippen LogP contribution in [0.3, 0.4) is 0 Å². The molecule has 0 saturated heterocycles. The average molecular weight is 346 g/mol. The number of aliphatic carboxylic acids is 1. The van der Waals surface area contributed by atoms with E-state index in [1.165, 1.54) is 0 Å². The minimum absolute atomic E-state index is 0.0173. The second kappa shape index (κ2) is 7.68. The van der Waals surface area contributed by atoms with Crippen LogP contribution in [-0.2, 0) is 20.8 Å². The number of para-hydroxylation sites is 1. The number of hydrogen-bond acceptors (Lipinski definition) is 3. The zero-order valence-electron chi connectivity index (χ0n) is 15.0. The minimum atomic E-state index is -0.948. The molecule has 1 aromatic rings. The summed E-state index contributed by atoms with van der Waals surface area (Å²) in [5, 5.41) is 11.9. The topological polar surface area (TPSA) is 86.7 Å². The van der Waals surface area contributed by atoms with Crippen molar-refractivity contribution in [1.29, 1.82) is 0 Å². The first kappa shape index (κ1) is 19.0. The van der Waals surface area contributed by atoms with E-state index in [0.29, 0.717) is 13.0 Å². The normalized spacial score (nSPS) is 16.3. The number of fused-ring (bicyclic) bond motifs is 1. The van der Waals surface area contributed by atoms with Crippen LogP contribution < -0.4 is 10.2 Å². The van der Waals surface area contributed by atoms with Gasteiger partial charge in [-0.2, -0.15) is 0 Å². The quantitative estimate of drug-likeness (QED) is 0.793. The van der Waals surface area contributed by atoms with Gasteiger partial charge in [-0.25, -0.2) is 0 Å². The van der Waals surface area contributed by atoms with E-state index in [1.54, 1.807) is 11.8 Å². The molecule has 0 aliphatic carbocycles. The zero-order valence-corrected chi connectivity index (χ0v) is 15.0. The van der Waals surface area contributed by atoms with Crippen molar-refractivity contribution in [2.24, 2.45) is 5.92 Å². The van der Waals surface area contributed by atoms with Crippen LogP contribution in [-0.4, -0.2) is 35.0 Å². The number of carbonyl (C=O) groups excluding carboxylic acids is 2. The summed E-state index contributed by atoms with van der Waals surface area (Å²) in [6.07, 6.45) is 1.17. The lowest BCUT2D eigenvalue weighted by Crippen LogP contribution is -2.52. The van der Waals surface area contributed by atoms with E-state index in [4.69, 9.17) is 5.11 Å². The van der Waals surface area contributed by atoms with Gasteiger partial charge in [0.05, 0.1) is 6.42 Å². The third-order valence-corrected chi connectivity index (χ3v) is 4.97. The monoisotopic (exact) mass is 346 g/mol. The van der Waals surface area contributed by atoms with Crippen LogP contribution in [0.5, 0.6) is 0 Å². The number of hydrogen-bond donors (Lipinski definition) is 2. The Kier molecular flexibility index (Phi) is 5.82. The molecule has 0 radical (unpaired) electrons. The Morgan fingerprint density at radius 3 is 2.60 bits per heavy atom. The fourth-order valence-corrected chi connectivity index (χ4v) is 3.04. The van der Waals surface area contributed by atoms with Crippen molar-refractivity contribution in [3.05, 3.63) is 29.8 Å². The van der Waals surface area contributed by atoms with Crippen molar-refractivity contribution in [1.82, 2.24) is 5.32 Å². The van der Waals surface area contributed by atoms with Gasteiger partial charge in [0.2, 0.25) is 11.8 Å². The molecular formula is C19H26N2O4. The Hall–Kier alpha value is -2.37. The first-order valence-electron chi connectivity index (χ1n) is 8.64. The smallest absolute Gasteiger partial charge is 0.305 e. The van der Waals surface area contributed by atoms with Gasteiger partial charge in [-0.15, -0.1) is 0 Å². The highest BCUT2D eigenvalue weighted by Crippen LogP contribution is 2.27. The molecule has 2 amide bonds. The van der Waals surface area contributed by atoms with E-state index in [-0.39, 0.29) is 30.6 Å². The molecule has 1 heterocycles. The molecule has 0 aromatic heterocycles. The van der Waals surface area contributed by atoms with E-state index in [9.17, 15) is 14.4 Å². The highest BCUT2D eigenvalue weighted by molar-refractivity contribution is 5.97. The first-order chi connectivity index (χ1) is 11.7. The predicted octanol–water partition coefficient (Wildman–Crippen LogP) is 2.36. The average Bonchev–Trinajstić information content (AvgIpc) is 2.53. The molecule has 1 aliphatic heterocycles. The number of nitrogens with one attached hydrogen (secondary N) is 1. The first-order valence-corrected chi connectivity index (χ1v) is 8.64. The van der Waals surface area contributed by atoms with Crippen LogP contribution in [0.15, 0.2) is 24.3 Å². The third kappa shape index (κ3) is 4.59. The number of rotatable bonds is 7. The molecule has 6 nitrogen and oxygen atoms in total. The zero-order chi connectivity index (χ0) is 18.6. The lowest BCUT2D eigenvalue weighted by atomic mass is 9.85. The maximum absolute atomic E-state index is 12.4. The van der Waals surface area contributed by atoms with Gasteiger partial charge in [0.1, 0.15) is 0 Å². The van der Waals surface area contributed by atoms with Crippen LogP contribution in [0.2, 0.25) is 0 Å². The van der Waals surface area contributed by atoms with Crippen LogP contribution in [0.25, 0.3) is 0 Å². The summed E-state index contributed by atoms with van der Waals surface area (Å²) in [5.74, 6) is -1.20. The molecular weight excluding hydrogens is 320 g/mol. The SMILES string of the molecule is CC(C)C(C)(CC(=O)O)NC(=O)CCN1C(=O)CCc2ccccc21. The maximum Gasteiger partial charge on any atom is 0.305 e. The van der Waals surface area contributed by atoms with E-state index in [0.717, 1.165) is 17.7 Å². The van der Waals surface area contributed by atoms with Gasteiger partial charge < -0.3 is 15.3 Å². The van der Waals surface area contributed by atoms with Crippen LogP contribution >= 0.6 is 0 Å². The Labute approximate surface area is 148 Å². The number of carboxylic acid groups (broad SMARTS) is 1. The van der Waals surface area contributed by atoms with Gasteiger partial charge in [0.15, 0.2) is 0 Å². The van der Waals surface area contributed by atoms with Gasteiger partial charge in [0.25, 0.3) is 0 Å². The van der Waals surface area contributed by atoms with Crippen molar-refractivity contribution >= 4 is 23.5 Å². The number of carboxylic acids is 1. The second-order valence-corrected chi connectivity index (χ2v) is 7.11. The molecule has 136 valence electrons. The Morgan fingerprint density at radius 2 is 1.96 bits per heavy atom. The van der Waals surface area contributed by atoms with Crippen molar-refractivity contribution in [2.45, 2.75) is 52.0 Å². The van der Waals surface area contributed by atoms with Gasteiger partial charge >= 0.3 is 5.97 Å². The molecule has 0 bridgehead atoms. The van der Waals surface area contributed by atoms with Crippen molar-refractivity contribution in [3.63, 3.8) is 0 Å². The molecule has 1 aliphatic rings. The van der Waals surface area contributed by atoms with E-state index in [2.05, 4.69) is 5.32 Å². The Balaban J connectivity index is 2.02. The van der Waals surface area contributed by atoms with Gasteiger partial charge in [-0.3, -0.25) is 14.4 Å². The molecule has 0 saturated carbocycles. The molecule has 6 heteroatoms. The Bertz CT molecular complexity index is 671. The standard InChI is InChI=1S/C19H26N2O4/c1-13(2)19(3,12-18(24)25)20-16(22)10-11-21-15-7-5-4-6-14(15)8-9-17(21)23/h4-7,13H,8-12H2,1-3H3,(H,20,22)(H,24,25). The van der Waals surface area contributed by atoms with Crippen LogP contribution in [0, 0.1) is 5.92 Å². The fourth-order valence-electron chi connectivity index (χ4n) is 3.04. The maximum atomic E-state index is 12.4. The largest absolute Gasteiger partial charge is 0.481 e. The summed E-state index contributed by atoms with van der Waals surface area (Å²) >= 11 is 0. The van der Waals surface area contributed by atoms with Gasteiger partial charge in [0, 0.05) is 30.6 Å². The fraction of sp³-hybridized carbons (Fsp3) is 0.526. The summed E-state index contributed by atoms with van der Waals surface area (Å²) in [7, 11) is 0. The third-order valence-electron chi connectivity index (χ3n) is 4.97. The number of carbonyl (C=O) groups is 3. The van der Waals surface area contributed by atoms with Crippen LogP contribution in [0.1, 0.15) is 45.6 Å². The lowest BCUT2D eigenvalue weighted by molar-refractivity contribution is -0.139. The molecule has 25 heavy (non-hydrogen) atoms. The number of nitrogens with zero attached hydrogens (tertiary/aromatic N) is 1. The highest BCUT2D eigenvalue weighted by Gasteiger charge is 2.33. The summed E-state index contributed by atoms with van der Waals surface area (Å²) in [6.45, 7) is 5.80. The van der Waals surface area contributed by atoms with Crippen LogP contribution in [0.4, 0.5) is 5.69 Å². The van der Waals surface area contributed by atoms with E-state index in [1.807, 2.05) is 38.1 Å². The number of benzene rings is 1. The number of aryl methyl sites for hydroxylation is 1. The molecule has 2 rings (SSSR count). The highest BCUT2D eigenvalue weighted by atomic mass is 16.4. The molecule has 0 fully saturated rings. The summed E-state index contributed by atoms with van der Waals surface area (Å²) in [6, 6.07) is 7.72. The molecule has 1 aromatic carbocycles. The Morgan fingerprint density at radius 1 is 1.28 bits per heavy atom. The predicted molar refractivity (Wildman–Crippen MR) is 95.4 cm³/mol.